The Bertz CT molecular complexity index is 1480. The maximum Gasteiger partial charge on any atom is 0.494 e. The zero-order chi connectivity index (χ0) is 28.6. The molecule has 4 rings (SSSR count). The van der Waals surface area contributed by atoms with Crippen LogP contribution in [-0.2, 0) is 23.9 Å². The molecule has 2 N–H and O–H groups in total. The summed E-state index contributed by atoms with van der Waals surface area (Å²) >= 11 is 1.26. The number of hydrogen-bond acceptors (Lipinski definition) is 8. The van der Waals surface area contributed by atoms with Crippen LogP contribution in [0.2, 0.25) is 0 Å². The van der Waals surface area contributed by atoms with E-state index >= 15 is 0 Å². The number of anilines is 1. The summed E-state index contributed by atoms with van der Waals surface area (Å²) in [5.74, 6) is -1.01. The van der Waals surface area contributed by atoms with Gasteiger partial charge in [0.1, 0.15) is 0 Å². The second kappa shape index (κ2) is 10.8. The number of nitrogens with zero attached hydrogens (tertiary/aromatic N) is 1. The minimum Gasteiger partial charge on any atom is -0.399 e. The van der Waals surface area contributed by atoms with Crippen molar-refractivity contribution < 1.29 is 27.3 Å². The highest BCUT2D eigenvalue weighted by atomic mass is 32.2. The molecule has 0 radical (unpaired) electrons. The molecular weight excluding hydrogens is 537 g/mol. The van der Waals surface area contributed by atoms with Crippen molar-refractivity contribution in [3.63, 3.8) is 0 Å². The summed E-state index contributed by atoms with van der Waals surface area (Å²) in [4.78, 5) is 29.6. The highest BCUT2D eigenvalue weighted by Crippen LogP contribution is 2.36. The molecule has 0 saturated carbocycles. The van der Waals surface area contributed by atoms with Crippen molar-refractivity contribution in [3.05, 3.63) is 59.5 Å². The lowest BCUT2D eigenvalue weighted by atomic mass is 9.78. The number of carbonyl (C=O) groups is 2. The Hall–Kier alpha value is -3.06. The van der Waals surface area contributed by atoms with Crippen molar-refractivity contribution in [2.75, 3.05) is 11.9 Å². The van der Waals surface area contributed by atoms with Crippen molar-refractivity contribution in [2.24, 2.45) is 0 Å². The van der Waals surface area contributed by atoms with Crippen molar-refractivity contribution in [1.82, 2.24) is 10.3 Å². The Balaban J connectivity index is 1.37. The topological polar surface area (TPSA) is 124 Å². The van der Waals surface area contributed by atoms with Gasteiger partial charge in [-0.2, -0.15) is 0 Å². The van der Waals surface area contributed by atoms with Crippen LogP contribution in [0.3, 0.4) is 0 Å². The molecule has 0 unspecified atom stereocenters. The average Bonchev–Trinajstić information content (AvgIpc) is 3.43. The minimum absolute atomic E-state index is 0.0625. The highest BCUT2D eigenvalue weighted by molar-refractivity contribution is 7.92. The quantitative estimate of drug-likeness (QED) is 0.397. The van der Waals surface area contributed by atoms with E-state index in [0.29, 0.717) is 10.8 Å². The number of rotatable bonds is 8. The van der Waals surface area contributed by atoms with Crippen LogP contribution in [0, 0.1) is 0 Å². The number of amides is 2. The molecule has 1 aliphatic heterocycles. The third-order valence-corrected chi connectivity index (χ3v) is 9.82. The minimum atomic E-state index is -3.52. The van der Waals surface area contributed by atoms with E-state index in [1.807, 2.05) is 57.3 Å². The predicted molar refractivity (Wildman–Crippen MR) is 153 cm³/mol. The number of hydrogen-bond donors (Lipinski definition) is 2. The first kappa shape index (κ1) is 28.9. The van der Waals surface area contributed by atoms with Gasteiger partial charge in [-0.15, -0.1) is 11.3 Å². The van der Waals surface area contributed by atoms with Crippen LogP contribution in [0.15, 0.2) is 58.8 Å². The largest absolute Gasteiger partial charge is 0.494 e. The second-order valence-electron chi connectivity index (χ2n) is 10.6. The molecule has 0 atom stereocenters. The first-order valence-corrected chi connectivity index (χ1v) is 15.0. The Kier molecular flexibility index (Phi) is 8.04. The standard InChI is InChI=1S/C27H32BN3O6S2/c1-17(2)39(34,35)21-12-8-10-19(14-21)24(33)29-15-23(32)31-25-30-22(16-38-25)18-9-7-11-20(13-18)28-36-26(3,4)27(5,6)37-28/h7-14,16-17H,15H2,1-6H3,(H,29,33)(H,30,31,32). The Morgan fingerprint density at radius 3 is 2.36 bits per heavy atom. The first-order chi connectivity index (χ1) is 18.2. The van der Waals surface area contributed by atoms with Crippen molar-refractivity contribution in [3.8, 4) is 11.3 Å². The lowest BCUT2D eigenvalue weighted by Gasteiger charge is -2.32. The number of thiazole rings is 1. The molecule has 0 spiro atoms. The molecule has 2 amide bonds. The van der Waals surface area contributed by atoms with E-state index < -0.39 is 45.2 Å². The molecule has 2 heterocycles. The third kappa shape index (κ3) is 6.24. The van der Waals surface area contributed by atoms with Gasteiger partial charge in [0, 0.05) is 16.5 Å². The molecule has 12 heteroatoms. The summed E-state index contributed by atoms with van der Waals surface area (Å²) in [6.07, 6.45) is 0. The van der Waals surface area contributed by atoms with Gasteiger partial charge < -0.3 is 19.9 Å². The van der Waals surface area contributed by atoms with Crippen LogP contribution in [0.5, 0.6) is 0 Å². The predicted octanol–water partition coefficient (Wildman–Crippen LogP) is 3.66. The summed E-state index contributed by atoms with van der Waals surface area (Å²) in [5.41, 5.74) is 1.66. The van der Waals surface area contributed by atoms with Crippen molar-refractivity contribution in [2.45, 2.75) is 62.9 Å². The molecule has 1 saturated heterocycles. The Morgan fingerprint density at radius 2 is 1.69 bits per heavy atom. The molecule has 0 aliphatic carbocycles. The summed E-state index contributed by atoms with van der Waals surface area (Å²) in [7, 11) is -4.02. The maximum absolute atomic E-state index is 12.5. The van der Waals surface area contributed by atoms with Gasteiger partial charge in [-0.3, -0.25) is 9.59 Å². The summed E-state index contributed by atoms with van der Waals surface area (Å²) < 4.78 is 37.1. The lowest BCUT2D eigenvalue weighted by Crippen LogP contribution is -2.41. The van der Waals surface area contributed by atoms with Crippen LogP contribution in [0.4, 0.5) is 5.13 Å². The number of nitrogens with one attached hydrogen (secondary N) is 2. The molecule has 39 heavy (non-hydrogen) atoms. The molecular formula is C27H32BN3O6S2. The Labute approximate surface area is 233 Å². The van der Waals surface area contributed by atoms with Crippen molar-refractivity contribution in [1.29, 1.82) is 0 Å². The maximum atomic E-state index is 12.5. The number of benzene rings is 2. The van der Waals surface area contributed by atoms with Gasteiger partial charge in [0.15, 0.2) is 15.0 Å². The van der Waals surface area contributed by atoms with Gasteiger partial charge in [-0.25, -0.2) is 13.4 Å². The fraction of sp³-hybridized carbons (Fsp3) is 0.370. The number of aromatic nitrogens is 1. The molecule has 206 valence electrons. The lowest BCUT2D eigenvalue weighted by molar-refractivity contribution is -0.115. The smallest absolute Gasteiger partial charge is 0.399 e. The SMILES string of the molecule is CC(C)S(=O)(=O)c1cccc(C(=O)NCC(=O)Nc2nc(-c3cccc(B4OC(C)(C)C(C)(C)O4)c3)cs2)c1. The zero-order valence-electron chi connectivity index (χ0n) is 22.8. The van der Waals surface area contributed by atoms with Crippen molar-refractivity contribution >= 4 is 50.7 Å². The van der Waals surface area contributed by atoms with E-state index in [1.54, 1.807) is 13.8 Å². The Morgan fingerprint density at radius 1 is 1.03 bits per heavy atom. The summed E-state index contributed by atoms with van der Waals surface area (Å²) in [6.45, 7) is 10.9. The molecule has 1 fully saturated rings. The molecule has 9 nitrogen and oxygen atoms in total. The highest BCUT2D eigenvalue weighted by Gasteiger charge is 2.51. The monoisotopic (exact) mass is 569 g/mol. The molecule has 3 aromatic rings. The van der Waals surface area contributed by atoms with Gasteiger partial charge >= 0.3 is 7.12 Å². The van der Waals surface area contributed by atoms with Gasteiger partial charge in [0.05, 0.1) is 33.6 Å². The van der Waals surface area contributed by atoms with E-state index in [0.717, 1.165) is 11.0 Å². The fourth-order valence-corrected chi connectivity index (χ4v) is 5.64. The van der Waals surface area contributed by atoms with Gasteiger partial charge in [-0.1, -0.05) is 30.3 Å². The van der Waals surface area contributed by atoms with E-state index in [1.165, 1.54) is 35.6 Å². The van der Waals surface area contributed by atoms with E-state index in [2.05, 4.69) is 15.6 Å². The molecule has 1 aliphatic rings. The van der Waals surface area contributed by atoms with Crippen LogP contribution in [-0.4, -0.2) is 55.3 Å². The van der Waals surface area contributed by atoms with E-state index in [4.69, 9.17) is 9.31 Å². The number of carbonyl (C=O) groups excluding carboxylic acids is 2. The fourth-order valence-electron chi connectivity index (χ4n) is 3.80. The first-order valence-electron chi connectivity index (χ1n) is 12.5. The molecule has 0 bridgehead atoms. The van der Waals surface area contributed by atoms with Gasteiger partial charge in [0.2, 0.25) is 5.91 Å². The van der Waals surface area contributed by atoms with Crippen LogP contribution in [0.1, 0.15) is 51.9 Å². The number of sulfone groups is 1. The van der Waals surface area contributed by atoms with Crippen LogP contribution < -0.4 is 16.1 Å². The van der Waals surface area contributed by atoms with E-state index in [-0.39, 0.29) is 17.0 Å². The van der Waals surface area contributed by atoms with Crippen LogP contribution >= 0.6 is 11.3 Å². The van der Waals surface area contributed by atoms with Gasteiger partial charge in [-0.05, 0) is 65.2 Å². The zero-order valence-corrected chi connectivity index (χ0v) is 24.4. The summed E-state index contributed by atoms with van der Waals surface area (Å²) in [6, 6.07) is 13.5. The third-order valence-electron chi connectivity index (χ3n) is 6.91. The molecule has 1 aromatic heterocycles. The summed E-state index contributed by atoms with van der Waals surface area (Å²) in [5, 5.41) is 6.81. The normalized spacial score (nSPS) is 16.3. The molecule has 2 aromatic carbocycles. The average molecular weight is 570 g/mol. The van der Waals surface area contributed by atoms with Crippen LogP contribution in [0.25, 0.3) is 11.3 Å². The van der Waals surface area contributed by atoms with E-state index in [9.17, 15) is 18.0 Å². The second-order valence-corrected chi connectivity index (χ2v) is 14.0. The van der Waals surface area contributed by atoms with Gasteiger partial charge in [0.25, 0.3) is 5.91 Å².